The van der Waals surface area contributed by atoms with Crippen molar-refractivity contribution in [3.63, 3.8) is 0 Å². The van der Waals surface area contributed by atoms with Gasteiger partial charge in [-0.2, -0.15) is 0 Å². The Morgan fingerprint density at radius 1 is 1.28 bits per heavy atom. The molecule has 0 aromatic heterocycles. The van der Waals surface area contributed by atoms with Crippen molar-refractivity contribution in [3.05, 3.63) is 29.8 Å². The van der Waals surface area contributed by atoms with Crippen molar-refractivity contribution in [2.24, 2.45) is 0 Å². The second-order valence-corrected chi connectivity index (χ2v) is 5.04. The molecule has 0 aliphatic heterocycles. The summed E-state index contributed by atoms with van der Waals surface area (Å²) in [4.78, 5) is 2.22. The lowest BCUT2D eigenvalue weighted by atomic mass is 10.1. The fourth-order valence-corrected chi connectivity index (χ4v) is 2.01. The van der Waals surface area contributed by atoms with Gasteiger partial charge in [0.2, 0.25) is 0 Å². The number of rotatable bonds is 7. The van der Waals surface area contributed by atoms with Crippen molar-refractivity contribution in [1.82, 2.24) is 5.32 Å². The molecule has 0 amide bonds. The molecule has 0 spiro atoms. The fourth-order valence-electron chi connectivity index (χ4n) is 2.01. The van der Waals surface area contributed by atoms with Gasteiger partial charge >= 0.3 is 0 Å². The number of nitrogens with one attached hydrogen (secondary N) is 1. The van der Waals surface area contributed by atoms with Crippen LogP contribution < -0.4 is 10.2 Å². The van der Waals surface area contributed by atoms with Crippen LogP contribution in [0, 0.1) is 6.92 Å². The molecule has 0 fully saturated rings. The fraction of sp³-hybridized carbons (Fsp3) is 0.600. The lowest BCUT2D eigenvalue weighted by molar-refractivity contribution is 0.174. The summed E-state index contributed by atoms with van der Waals surface area (Å²) < 4.78 is 0. The summed E-state index contributed by atoms with van der Waals surface area (Å²) in [6.07, 6.45) is -0.341. The molecule has 0 bridgehead atoms. The van der Waals surface area contributed by atoms with Crippen LogP contribution in [-0.2, 0) is 0 Å². The summed E-state index contributed by atoms with van der Waals surface area (Å²) in [6.45, 7) is 10.6. The third-order valence-corrected chi connectivity index (χ3v) is 3.03. The highest BCUT2D eigenvalue weighted by molar-refractivity contribution is 5.52. The van der Waals surface area contributed by atoms with E-state index < -0.39 is 0 Å². The summed E-state index contributed by atoms with van der Waals surface area (Å²) >= 11 is 0. The molecule has 0 saturated carbocycles. The normalized spacial score (nSPS) is 12.8. The van der Waals surface area contributed by atoms with E-state index >= 15 is 0 Å². The van der Waals surface area contributed by atoms with Crippen molar-refractivity contribution in [3.8, 4) is 0 Å². The van der Waals surface area contributed by atoms with E-state index in [1.165, 1.54) is 11.3 Å². The molecule has 0 radical (unpaired) electrons. The lowest BCUT2D eigenvalue weighted by Gasteiger charge is -2.28. The summed E-state index contributed by atoms with van der Waals surface area (Å²) in [5, 5.41) is 13.3. The molecule has 0 saturated heterocycles. The van der Waals surface area contributed by atoms with Gasteiger partial charge in [-0.25, -0.2) is 0 Å². The predicted molar refractivity (Wildman–Crippen MR) is 78.2 cm³/mol. The van der Waals surface area contributed by atoms with Gasteiger partial charge in [0, 0.05) is 31.4 Å². The third-order valence-electron chi connectivity index (χ3n) is 3.03. The van der Waals surface area contributed by atoms with Gasteiger partial charge in [0.05, 0.1) is 6.10 Å². The number of para-hydroxylation sites is 1. The van der Waals surface area contributed by atoms with E-state index in [0.717, 1.165) is 6.54 Å². The maximum absolute atomic E-state index is 10.0. The first-order chi connectivity index (χ1) is 8.54. The molecule has 3 nitrogen and oxygen atoms in total. The van der Waals surface area contributed by atoms with E-state index in [4.69, 9.17) is 0 Å². The molecule has 2 N–H and O–H groups in total. The quantitative estimate of drug-likeness (QED) is 0.778. The van der Waals surface area contributed by atoms with Gasteiger partial charge in [-0.15, -0.1) is 0 Å². The standard InChI is InChI=1S/C15H26N2O/c1-5-17(11-14(18)10-16-12(2)3)15-9-7-6-8-13(15)4/h6-9,12,14,16,18H,5,10-11H2,1-4H3. The number of likely N-dealkylation sites (N-methyl/N-ethyl adjacent to an activating group) is 1. The smallest absolute Gasteiger partial charge is 0.0839 e. The minimum atomic E-state index is -0.341. The number of aryl methyl sites for hydroxylation is 1. The number of hydrogen-bond donors (Lipinski definition) is 2. The minimum absolute atomic E-state index is 0.341. The van der Waals surface area contributed by atoms with Crippen molar-refractivity contribution in [2.45, 2.75) is 39.8 Å². The number of hydrogen-bond acceptors (Lipinski definition) is 3. The zero-order valence-corrected chi connectivity index (χ0v) is 12.0. The van der Waals surface area contributed by atoms with Crippen LogP contribution in [0.3, 0.4) is 0 Å². The average molecular weight is 250 g/mol. The monoisotopic (exact) mass is 250 g/mol. The molecule has 1 atom stereocenters. The van der Waals surface area contributed by atoms with Crippen LogP contribution >= 0.6 is 0 Å². The second kappa shape index (κ2) is 7.39. The Hall–Kier alpha value is -1.06. The van der Waals surface area contributed by atoms with Crippen LogP contribution in [0.2, 0.25) is 0 Å². The summed E-state index contributed by atoms with van der Waals surface area (Å²) in [5.41, 5.74) is 2.46. The first-order valence-corrected chi connectivity index (χ1v) is 6.76. The van der Waals surface area contributed by atoms with Crippen LogP contribution in [0.5, 0.6) is 0 Å². The molecule has 18 heavy (non-hydrogen) atoms. The van der Waals surface area contributed by atoms with Crippen molar-refractivity contribution in [1.29, 1.82) is 0 Å². The van der Waals surface area contributed by atoms with Crippen molar-refractivity contribution < 1.29 is 5.11 Å². The summed E-state index contributed by atoms with van der Waals surface area (Å²) in [7, 11) is 0. The Labute approximate surface area is 111 Å². The molecule has 0 heterocycles. The Bertz CT molecular complexity index is 352. The first kappa shape index (κ1) is 15.0. The Morgan fingerprint density at radius 2 is 1.94 bits per heavy atom. The SMILES string of the molecule is CCN(CC(O)CNC(C)C)c1ccccc1C. The van der Waals surface area contributed by atoms with Gasteiger partial charge < -0.3 is 15.3 Å². The maximum Gasteiger partial charge on any atom is 0.0839 e. The summed E-state index contributed by atoms with van der Waals surface area (Å²) in [5.74, 6) is 0. The number of aliphatic hydroxyl groups excluding tert-OH is 1. The Morgan fingerprint density at radius 3 is 2.50 bits per heavy atom. The first-order valence-electron chi connectivity index (χ1n) is 6.76. The van der Waals surface area contributed by atoms with Gasteiger partial charge in [0.1, 0.15) is 0 Å². The molecule has 1 aromatic carbocycles. The molecule has 102 valence electrons. The van der Waals surface area contributed by atoms with Gasteiger partial charge in [0.25, 0.3) is 0 Å². The number of benzene rings is 1. The molecule has 1 unspecified atom stereocenters. The van der Waals surface area contributed by atoms with E-state index in [-0.39, 0.29) is 6.10 Å². The second-order valence-electron chi connectivity index (χ2n) is 5.04. The van der Waals surface area contributed by atoms with Crippen molar-refractivity contribution >= 4 is 5.69 Å². The third kappa shape index (κ3) is 4.67. The van der Waals surface area contributed by atoms with E-state index in [1.54, 1.807) is 0 Å². The summed E-state index contributed by atoms with van der Waals surface area (Å²) in [6, 6.07) is 8.72. The van der Waals surface area contributed by atoms with E-state index in [2.05, 4.69) is 50.0 Å². The van der Waals surface area contributed by atoms with Crippen LogP contribution in [0.15, 0.2) is 24.3 Å². The van der Waals surface area contributed by atoms with Gasteiger partial charge in [-0.3, -0.25) is 0 Å². The molecule has 3 heteroatoms. The van der Waals surface area contributed by atoms with Crippen LogP contribution in [0.1, 0.15) is 26.3 Å². The van der Waals surface area contributed by atoms with E-state index in [9.17, 15) is 5.11 Å². The van der Waals surface area contributed by atoms with Crippen LogP contribution in [0.4, 0.5) is 5.69 Å². The lowest BCUT2D eigenvalue weighted by Crippen LogP contribution is -2.40. The highest BCUT2D eigenvalue weighted by Crippen LogP contribution is 2.19. The van der Waals surface area contributed by atoms with Crippen LogP contribution in [-0.4, -0.2) is 36.9 Å². The zero-order chi connectivity index (χ0) is 13.5. The molecule has 0 aliphatic rings. The molecule has 1 aromatic rings. The largest absolute Gasteiger partial charge is 0.390 e. The van der Waals surface area contributed by atoms with Crippen molar-refractivity contribution in [2.75, 3.05) is 24.5 Å². The molecule has 1 rings (SSSR count). The Balaban J connectivity index is 2.59. The zero-order valence-electron chi connectivity index (χ0n) is 12.0. The number of anilines is 1. The molecular formula is C15H26N2O. The highest BCUT2D eigenvalue weighted by atomic mass is 16.3. The van der Waals surface area contributed by atoms with Gasteiger partial charge in [-0.1, -0.05) is 32.0 Å². The molecule has 0 aliphatic carbocycles. The number of aliphatic hydroxyl groups is 1. The van der Waals surface area contributed by atoms with Gasteiger partial charge in [0.15, 0.2) is 0 Å². The number of nitrogens with zero attached hydrogens (tertiary/aromatic N) is 1. The Kier molecular flexibility index (Phi) is 6.16. The van der Waals surface area contributed by atoms with E-state index in [0.29, 0.717) is 19.1 Å². The maximum atomic E-state index is 10.0. The molecular weight excluding hydrogens is 224 g/mol. The minimum Gasteiger partial charge on any atom is -0.390 e. The average Bonchev–Trinajstić information content (AvgIpc) is 2.34. The van der Waals surface area contributed by atoms with Gasteiger partial charge in [-0.05, 0) is 25.5 Å². The predicted octanol–water partition coefficient (Wildman–Crippen LogP) is 2.18. The topological polar surface area (TPSA) is 35.5 Å². The van der Waals surface area contributed by atoms with E-state index in [1.807, 2.05) is 12.1 Å². The highest BCUT2D eigenvalue weighted by Gasteiger charge is 2.12. The van der Waals surface area contributed by atoms with Crippen LogP contribution in [0.25, 0.3) is 0 Å².